The molecule has 4 nitrogen and oxygen atoms in total. The van der Waals surface area contributed by atoms with E-state index in [1.54, 1.807) is 38.5 Å². The number of carbonyl (C=O) groups is 2. The highest BCUT2D eigenvalue weighted by molar-refractivity contribution is 6.29. The lowest BCUT2D eigenvalue weighted by atomic mass is 9.80. The molecule has 4 aromatic rings. The van der Waals surface area contributed by atoms with Gasteiger partial charge in [-0.05, 0) is 58.7 Å². The Labute approximate surface area is 186 Å². The fraction of sp³-hybridized carbons (Fsp3) is 0.0714. The van der Waals surface area contributed by atoms with Crippen LogP contribution in [0.5, 0.6) is 11.5 Å². The minimum absolute atomic E-state index is 0.133. The predicted octanol–water partition coefficient (Wildman–Crippen LogP) is 5.81. The second-order valence-electron chi connectivity index (χ2n) is 7.60. The average Bonchev–Trinajstić information content (AvgIpc) is 2.86. The van der Waals surface area contributed by atoms with Crippen molar-refractivity contribution in [2.75, 3.05) is 14.2 Å². The maximum absolute atomic E-state index is 13.3. The second-order valence-corrected chi connectivity index (χ2v) is 7.60. The summed E-state index contributed by atoms with van der Waals surface area (Å²) >= 11 is 0. The van der Waals surface area contributed by atoms with E-state index in [4.69, 9.17) is 9.47 Å². The zero-order valence-corrected chi connectivity index (χ0v) is 17.7. The van der Waals surface area contributed by atoms with Crippen molar-refractivity contribution >= 4 is 11.6 Å². The molecule has 1 aliphatic rings. The quantitative estimate of drug-likeness (QED) is 0.368. The van der Waals surface area contributed by atoms with Crippen molar-refractivity contribution in [3.05, 3.63) is 107 Å². The zero-order valence-electron chi connectivity index (χ0n) is 17.7. The van der Waals surface area contributed by atoms with Gasteiger partial charge in [-0.3, -0.25) is 9.59 Å². The van der Waals surface area contributed by atoms with Crippen LogP contribution in [0.2, 0.25) is 0 Å². The van der Waals surface area contributed by atoms with Gasteiger partial charge in [0.2, 0.25) is 0 Å². The molecule has 0 atom stereocenters. The van der Waals surface area contributed by atoms with Crippen molar-refractivity contribution in [1.29, 1.82) is 0 Å². The SMILES string of the molecule is COc1ccc(-c2cc3c(cc2-c2ccc(OC)cc2)C(=O)c2ccccc2C3=O)cc1. The summed E-state index contributed by atoms with van der Waals surface area (Å²) < 4.78 is 10.6. The molecule has 0 amide bonds. The Hall–Kier alpha value is -4.18. The van der Waals surface area contributed by atoms with Crippen molar-refractivity contribution in [2.24, 2.45) is 0 Å². The summed E-state index contributed by atoms with van der Waals surface area (Å²) in [5.41, 5.74) is 5.35. The molecule has 0 radical (unpaired) electrons. The van der Waals surface area contributed by atoms with Crippen LogP contribution in [0.25, 0.3) is 22.3 Å². The molecule has 4 aromatic carbocycles. The molecule has 1 aliphatic carbocycles. The number of ether oxygens (including phenoxy) is 2. The first-order chi connectivity index (χ1) is 15.6. The number of carbonyl (C=O) groups excluding carboxylic acids is 2. The molecular formula is C28H20O4. The number of hydrogen-bond acceptors (Lipinski definition) is 4. The third kappa shape index (κ3) is 3.17. The molecule has 32 heavy (non-hydrogen) atoms. The molecule has 5 rings (SSSR count). The number of ketones is 2. The number of fused-ring (bicyclic) bond motifs is 2. The third-order valence-corrected chi connectivity index (χ3v) is 5.87. The fourth-order valence-corrected chi connectivity index (χ4v) is 4.16. The average molecular weight is 420 g/mol. The van der Waals surface area contributed by atoms with E-state index in [0.29, 0.717) is 22.3 Å². The number of rotatable bonds is 4. The molecule has 0 spiro atoms. The molecule has 0 aromatic heterocycles. The summed E-state index contributed by atoms with van der Waals surface area (Å²) in [6, 6.07) is 26.0. The van der Waals surface area contributed by atoms with Gasteiger partial charge in [-0.25, -0.2) is 0 Å². The van der Waals surface area contributed by atoms with Crippen LogP contribution in [0.4, 0.5) is 0 Å². The van der Waals surface area contributed by atoms with E-state index in [-0.39, 0.29) is 11.6 Å². The van der Waals surface area contributed by atoms with Crippen molar-refractivity contribution in [3.63, 3.8) is 0 Å². The second kappa shape index (κ2) is 7.82. The molecule has 0 saturated heterocycles. The Morgan fingerprint density at radius 3 is 1.19 bits per heavy atom. The first kappa shape index (κ1) is 19.8. The Kier molecular flexibility index (Phi) is 4.83. The Balaban J connectivity index is 1.75. The molecule has 0 unspecified atom stereocenters. The van der Waals surface area contributed by atoms with Crippen LogP contribution >= 0.6 is 0 Å². The van der Waals surface area contributed by atoms with Gasteiger partial charge in [-0.15, -0.1) is 0 Å². The number of methoxy groups -OCH3 is 2. The molecule has 0 aliphatic heterocycles. The molecule has 0 bridgehead atoms. The van der Waals surface area contributed by atoms with Crippen LogP contribution in [0.1, 0.15) is 31.8 Å². The number of hydrogen-bond donors (Lipinski definition) is 0. The van der Waals surface area contributed by atoms with E-state index in [1.807, 2.05) is 60.7 Å². The van der Waals surface area contributed by atoms with Gasteiger partial charge in [-0.2, -0.15) is 0 Å². The Morgan fingerprint density at radius 2 is 0.844 bits per heavy atom. The minimum atomic E-state index is -0.133. The largest absolute Gasteiger partial charge is 0.497 e. The summed E-state index contributed by atoms with van der Waals surface area (Å²) in [4.78, 5) is 26.6. The molecular weight excluding hydrogens is 400 g/mol. The maximum atomic E-state index is 13.3. The normalized spacial score (nSPS) is 12.2. The molecule has 4 heteroatoms. The van der Waals surface area contributed by atoms with Gasteiger partial charge in [0.25, 0.3) is 0 Å². The topological polar surface area (TPSA) is 52.6 Å². The predicted molar refractivity (Wildman–Crippen MR) is 124 cm³/mol. The number of benzene rings is 4. The summed E-state index contributed by atoms with van der Waals surface area (Å²) in [5.74, 6) is 1.23. The summed E-state index contributed by atoms with van der Waals surface area (Å²) in [6.07, 6.45) is 0. The first-order valence-electron chi connectivity index (χ1n) is 10.3. The van der Waals surface area contributed by atoms with Crippen LogP contribution in [0.15, 0.2) is 84.9 Å². The lowest BCUT2D eigenvalue weighted by molar-refractivity contribution is 0.0979. The molecule has 156 valence electrons. The van der Waals surface area contributed by atoms with E-state index in [2.05, 4.69) is 0 Å². The molecule has 0 fully saturated rings. The van der Waals surface area contributed by atoms with Crippen LogP contribution in [-0.2, 0) is 0 Å². The standard InChI is InChI=1S/C28H20O4/c1-31-19-11-7-17(8-12-19)23-15-25-26(16-24(23)18-9-13-20(32-2)14-10-18)28(30)22-6-4-3-5-21(22)27(25)29/h3-16H,1-2H3. The smallest absolute Gasteiger partial charge is 0.194 e. The minimum Gasteiger partial charge on any atom is -0.497 e. The first-order valence-corrected chi connectivity index (χ1v) is 10.3. The van der Waals surface area contributed by atoms with E-state index >= 15 is 0 Å². The van der Waals surface area contributed by atoms with E-state index in [9.17, 15) is 9.59 Å². The van der Waals surface area contributed by atoms with E-state index in [1.165, 1.54) is 0 Å². The highest BCUT2D eigenvalue weighted by Gasteiger charge is 2.30. The Bertz CT molecular complexity index is 1240. The Morgan fingerprint density at radius 1 is 0.469 bits per heavy atom. The van der Waals surface area contributed by atoms with Crippen molar-refractivity contribution in [1.82, 2.24) is 0 Å². The van der Waals surface area contributed by atoms with Crippen LogP contribution < -0.4 is 9.47 Å². The van der Waals surface area contributed by atoms with Gasteiger partial charge in [-0.1, -0.05) is 48.5 Å². The van der Waals surface area contributed by atoms with Crippen molar-refractivity contribution < 1.29 is 19.1 Å². The van der Waals surface area contributed by atoms with Gasteiger partial charge >= 0.3 is 0 Å². The monoisotopic (exact) mass is 420 g/mol. The third-order valence-electron chi connectivity index (χ3n) is 5.87. The van der Waals surface area contributed by atoms with Gasteiger partial charge in [0, 0.05) is 22.3 Å². The lowest BCUT2D eigenvalue weighted by Gasteiger charge is -2.21. The van der Waals surface area contributed by atoms with Gasteiger partial charge in [0.1, 0.15) is 11.5 Å². The van der Waals surface area contributed by atoms with Gasteiger partial charge < -0.3 is 9.47 Å². The lowest BCUT2D eigenvalue weighted by Crippen LogP contribution is -2.21. The molecule has 0 N–H and O–H groups in total. The van der Waals surface area contributed by atoms with Gasteiger partial charge in [0.15, 0.2) is 11.6 Å². The zero-order chi connectivity index (χ0) is 22.2. The summed E-state index contributed by atoms with van der Waals surface area (Å²) in [5, 5.41) is 0. The molecule has 0 saturated carbocycles. The summed E-state index contributed by atoms with van der Waals surface area (Å²) in [7, 11) is 3.25. The van der Waals surface area contributed by atoms with Crippen LogP contribution in [0, 0.1) is 0 Å². The maximum Gasteiger partial charge on any atom is 0.194 e. The molecule has 0 heterocycles. The van der Waals surface area contributed by atoms with Crippen molar-refractivity contribution in [3.8, 4) is 33.8 Å². The highest BCUT2D eigenvalue weighted by Crippen LogP contribution is 2.39. The van der Waals surface area contributed by atoms with Crippen molar-refractivity contribution in [2.45, 2.75) is 0 Å². The van der Waals surface area contributed by atoms with E-state index < -0.39 is 0 Å². The van der Waals surface area contributed by atoms with Crippen LogP contribution in [0.3, 0.4) is 0 Å². The highest BCUT2D eigenvalue weighted by atomic mass is 16.5. The van der Waals surface area contributed by atoms with Gasteiger partial charge in [0.05, 0.1) is 14.2 Å². The fourth-order valence-electron chi connectivity index (χ4n) is 4.16. The van der Waals surface area contributed by atoms with E-state index in [0.717, 1.165) is 33.8 Å². The van der Waals surface area contributed by atoms with Crippen LogP contribution in [-0.4, -0.2) is 25.8 Å². The summed E-state index contributed by atoms with van der Waals surface area (Å²) in [6.45, 7) is 0.